The Balaban J connectivity index is 3.13. The zero-order valence-electron chi connectivity index (χ0n) is 20.6. The molecular formula is C22H42N4O4S2. The second kappa shape index (κ2) is 12.5. The van der Waals surface area contributed by atoms with Gasteiger partial charge >= 0.3 is 5.97 Å². The minimum absolute atomic E-state index is 0.148. The SMILES string of the molecule is CCCC[C@H](NC(=O)C1N(C(=O)[C@@H](NC[C@@H](N)CS)C(C)(C)C)CSC1(C)C)C(=O)OC. The molecule has 1 aliphatic rings. The molecule has 0 aromatic carbocycles. The standard InChI is InChI=1S/C22H42N4O4S2/c1-8-9-10-15(20(29)30-7)25-18(27)17-22(5,6)32-13-26(17)19(28)16(21(2,3)4)24-11-14(23)12-31/h14-17,24,31H,8-13,23H2,1-7H3,(H,25,27)/t14-,15+,16-,17?/m1/s1. The first-order chi connectivity index (χ1) is 14.8. The molecule has 1 aliphatic heterocycles. The average Bonchev–Trinajstić information content (AvgIpc) is 3.04. The van der Waals surface area contributed by atoms with Crippen molar-refractivity contribution in [2.75, 3.05) is 25.3 Å². The van der Waals surface area contributed by atoms with Crippen LogP contribution in [0.4, 0.5) is 0 Å². The number of hydrogen-bond donors (Lipinski definition) is 4. The number of unbranched alkanes of at least 4 members (excludes halogenated alkanes) is 1. The molecular weight excluding hydrogens is 448 g/mol. The Kier molecular flexibility index (Phi) is 11.3. The number of esters is 1. The van der Waals surface area contributed by atoms with Crippen molar-refractivity contribution in [2.45, 2.75) is 89.7 Å². The molecule has 1 rings (SSSR count). The van der Waals surface area contributed by atoms with Crippen LogP contribution in [0.1, 0.15) is 60.8 Å². The monoisotopic (exact) mass is 490 g/mol. The molecule has 1 heterocycles. The predicted molar refractivity (Wildman–Crippen MR) is 134 cm³/mol. The zero-order valence-corrected chi connectivity index (χ0v) is 22.3. The van der Waals surface area contributed by atoms with E-state index >= 15 is 0 Å². The molecule has 1 saturated heterocycles. The Bertz CT molecular complexity index is 654. The summed E-state index contributed by atoms with van der Waals surface area (Å²) in [4.78, 5) is 40.9. The van der Waals surface area contributed by atoms with Crippen LogP contribution in [0.5, 0.6) is 0 Å². The molecule has 186 valence electrons. The molecule has 4 atom stereocenters. The average molecular weight is 491 g/mol. The molecule has 0 spiro atoms. The lowest BCUT2D eigenvalue weighted by molar-refractivity contribution is -0.147. The summed E-state index contributed by atoms with van der Waals surface area (Å²) >= 11 is 5.77. The number of nitrogens with zero attached hydrogens (tertiary/aromatic N) is 1. The number of carbonyl (C=O) groups excluding carboxylic acids is 3. The maximum atomic E-state index is 13.7. The molecule has 1 fully saturated rings. The number of methoxy groups -OCH3 is 1. The van der Waals surface area contributed by atoms with E-state index in [1.807, 2.05) is 41.5 Å². The maximum absolute atomic E-state index is 13.7. The summed E-state index contributed by atoms with van der Waals surface area (Å²) in [6, 6.07) is -2.14. The number of thiol groups is 1. The first-order valence-corrected chi connectivity index (χ1v) is 12.8. The minimum Gasteiger partial charge on any atom is -0.467 e. The van der Waals surface area contributed by atoms with Gasteiger partial charge in [-0.1, -0.05) is 40.5 Å². The summed E-state index contributed by atoms with van der Waals surface area (Å²) in [6.07, 6.45) is 2.18. The normalized spacial score (nSPS) is 21.0. The molecule has 10 heteroatoms. The van der Waals surface area contributed by atoms with E-state index in [1.54, 1.807) is 16.7 Å². The molecule has 0 bridgehead atoms. The Morgan fingerprint density at radius 1 is 1.31 bits per heavy atom. The molecule has 0 saturated carbocycles. The highest BCUT2D eigenvalue weighted by Crippen LogP contribution is 2.40. The Hall–Kier alpha value is -0.970. The molecule has 0 aliphatic carbocycles. The summed E-state index contributed by atoms with van der Waals surface area (Å²) in [6.45, 7) is 12.3. The third-order valence-corrected chi connectivity index (χ3v) is 7.50. The topological polar surface area (TPSA) is 114 Å². The maximum Gasteiger partial charge on any atom is 0.328 e. The molecule has 0 aromatic rings. The van der Waals surface area contributed by atoms with Crippen molar-refractivity contribution in [2.24, 2.45) is 11.1 Å². The van der Waals surface area contributed by atoms with Gasteiger partial charge in [-0.2, -0.15) is 12.6 Å². The Morgan fingerprint density at radius 3 is 2.44 bits per heavy atom. The van der Waals surface area contributed by atoms with Gasteiger partial charge in [-0.05, 0) is 25.7 Å². The number of carbonyl (C=O) groups is 3. The highest BCUT2D eigenvalue weighted by Gasteiger charge is 2.50. The van der Waals surface area contributed by atoms with Crippen LogP contribution < -0.4 is 16.4 Å². The van der Waals surface area contributed by atoms with E-state index in [-0.39, 0.29) is 23.3 Å². The van der Waals surface area contributed by atoms with Gasteiger partial charge in [0.05, 0.1) is 19.0 Å². The number of hydrogen-bond acceptors (Lipinski definition) is 8. The van der Waals surface area contributed by atoms with Crippen molar-refractivity contribution in [1.29, 1.82) is 0 Å². The van der Waals surface area contributed by atoms with Crippen LogP contribution in [-0.4, -0.2) is 76.9 Å². The first kappa shape index (κ1) is 29.1. The van der Waals surface area contributed by atoms with Crippen molar-refractivity contribution in [3.8, 4) is 0 Å². The van der Waals surface area contributed by atoms with Gasteiger partial charge in [-0.3, -0.25) is 9.59 Å². The lowest BCUT2D eigenvalue weighted by Gasteiger charge is -2.37. The van der Waals surface area contributed by atoms with E-state index in [4.69, 9.17) is 10.5 Å². The third-order valence-electron chi connectivity index (χ3n) is 5.66. The van der Waals surface area contributed by atoms with Gasteiger partial charge in [-0.15, -0.1) is 11.8 Å². The largest absolute Gasteiger partial charge is 0.467 e. The van der Waals surface area contributed by atoms with Crippen LogP contribution in [0.3, 0.4) is 0 Å². The van der Waals surface area contributed by atoms with Crippen LogP contribution in [0.25, 0.3) is 0 Å². The molecule has 1 unspecified atom stereocenters. The van der Waals surface area contributed by atoms with E-state index < -0.39 is 28.8 Å². The van der Waals surface area contributed by atoms with E-state index in [0.717, 1.165) is 12.8 Å². The summed E-state index contributed by atoms with van der Waals surface area (Å²) in [5.41, 5.74) is 5.61. The van der Waals surface area contributed by atoms with Gasteiger partial charge in [0.1, 0.15) is 12.1 Å². The fourth-order valence-electron chi connectivity index (χ4n) is 3.73. The number of amides is 2. The quantitative estimate of drug-likeness (QED) is 0.258. The van der Waals surface area contributed by atoms with Crippen molar-refractivity contribution in [1.82, 2.24) is 15.5 Å². The number of rotatable bonds is 11. The highest BCUT2D eigenvalue weighted by molar-refractivity contribution is 8.00. The van der Waals surface area contributed by atoms with Crippen LogP contribution in [0.2, 0.25) is 0 Å². The van der Waals surface area contributed by atoms with E-state index in [1.165, 1.54) is 7.11 Å². The van der Waals surface area contributed by atoms with E-state index in [2.05, 4.69) is 23.3 Å². The first-order valence-electron chi connectivity index (χ1n) is 11.2. The Labute approximate surface area is 202 Å². The smallest absolute Gasteiger partial charge is 0.328 e. The third kappa shape index (κ3) is 7.81. The number of thioether (sulfide) groups is 1. The lowest BCUT2D eigenvalue weighted by Crippen LogP contribution is -2.61. The molecule has 0 radical (unpaired) electrons. The molecule has 4 N–H and O–H groups in total. The van der Waals surface area contributed by atoms with Gasteiger partial charge in [0.2, 0.25) is 11.8 Å². The lowest BCUT2D eigenvalue weighted by atomic mass is 9.85. The van der Waals surface area contributed by atoms with Gasteiger partial charge in [0, 0.05) is 23.1 Å². The zero-order chi connectivity index (χ0) is 24.7. The van der Waals surface area contributed by atoms with Crippen molar-refractivity contribution in [3.05, 3.63) is 0 Å². The predicted octanol–water partition coefficient (Wildman–Crippen LogP) is 1.78. The van der Waals surface area contributed by atoms with Crippen molar-refractivity contribution in [3.63, 3.8) is 0 Å². The molecule has 2 amide bonds. The number of nitrogens with one attached hydrogen (secondary N) is 2. The van der Waals surface area contributed by atoms with Gasteiger partial charge in [0.15, 0.2) is 0 Å². The van der Waals surface area contributed by atoms with Crippen molar-refractivity contribution >= 4 is 42.2 Å². The summed E-state index contributed by atoms with van der Waals surface area (Å²) in [5.74, 6) is -0.0512. The van der Waals surface area contributed by atoms with Crippen LogP contribution in [-0.2, 0) is 19.1 Å². The summed E-state index contributed by atoms with van der Waals surface area (Å²) in [7, 11) is 1.31. The Morgan fingerprint density at radius 2 is 1.94 bits per heavy atom. The van der Waals surface area contributed by atoms with E-state index in [0.29, 0.717) is 24.6 Å². The summed E-state index contributed by atoms with van der Waals surface area (Å²) in [5, 5.41) is 6.14. The van der Waals surface area contributed by atoms with Gasteiger partial charge < -0.3 is 26.0 Å². The highest BCUT2D eigenvalue weighted by atomic mass is 32.2. The number of nitrogens with two attached hydrogens (primary N) is 1. The number of ether oxygens (including phenoxy) is 1. The fourth-order valence-corrected chi connectivity index (χ4v) is 5.00. The minimum atomic E-state index is -0.726. The summed E-state index contributed by atoms with van der Waals surface area (Å²) < 4.78 is 4.37. The van der Waals surface area contributed by atoms with Crippen LogP contribution in [0, 0.1) is 5.41 Å². The second-order valence-electron chi connectivity index (χ2n) is 9.96. The molecule has 8 nitrogen and oxygen atoms in total. The second-order valence-corrected chi connectivity index (χ2v) is 11.9. The molecule has 32 heavy (non-hydrogen) atoms. The molecule has 0 aromatic heterocycles. The van der Waals surface area contributed by atoms with Crippen LogP contribution >= 0.6 is 24.4 Å². The van der Waals surface area contributed by atoms with Crippen LogP contribution in [0.15, 0.2) is 0 Å². The van der Waals surface area contributed by atoms with Gasteiger partial charge in [-0.25, -0.2) is 4.79 Å². The van der Waals surface area contributed by atoms with E-state index in [9.17, 15) is 14.4 Å². The van der Waals surface area contributed by atoms with Gasteiger partial charge in [0.25, 0.3) is 0 Å². The fraction of sp³-hybridized carbons (Fsp3) is 0.864. The van der Waals surface area contributed by atoms with Crippen molar-refractivity contribution < 1.29 is 19.1 Å².